The number of nitrogens with one attached hydrogen (secondary N) is 2. The molecule has 0 amide bonds. The molecule has 1 aromatic carbocycles. The molecule has 0 fully saturated rings. The molecule has 2 rings (SSSR count). The van der Waals surface area contributed by atoms with Gasteiger partial charge in [0.1, 0.15) is 0 Å². The summed E-state index contributed by atoms with van der Waals surface area (Å²) in [5, 5.41) is 6.63. The molecule has 0 spiro atoms. The molecule has 5 nitrogen and oxygen atoms in total. The van der Waals surface area contributed by atoms with Crippen LogP contribution in [0.5, 0.6) is 11.5 Å². The smallest absolute Gasteiger partial charge is 0.195 e. The molecule has 0 atom stereocenters. The van der Waals surface area contributed by atoms with Crippen LogP contribution in [-0.2, 0) is 0 Å². The summed E-state index contributed by atoms with van der Waals surface area (Å²) < 4.78 is 11.3. The second-order valence-corrected chi connectivity index (χ2v) is 5.40. The maximum absolute atomic E-state index is 5.70. The number of ether oxygens (including phenoxy) is 2. The zero-order valence-corrected chi connectivity index (χ0v) is 13.7. The van der Waals surface area contributed by atoms with Crippen LogP contribution in [0, 0.1) is 0 Å². The maximum atomic E-state index is 5.70. The van der Waals surface area contributed by atoms with E-state index < -0.39 is 0 Å². The number of fused-ring (bicyclic) bond motifs is 1. The largest absolute Gasteiger partial charge is 0.490 e. The molecule has 0 saturated carbocycles. The van der Waals surface area contributed by atoms with Crippen molar-refractivity contribution in [1.82, 2.24) is 5.32 Å². The van der Waals surface area contributed by atoms with Crippen molar-refractivity contribution in [1.29, 1.82) is 0 Å². The van der Waals surface area contributed by atoms with Crippen LogP contribution < -0.4 is 20.1 Å². The first-order valence-corrected chi connectivity index (χ1v) is 8.21. The third-order valence-corrected chi connectivity index (χ3v) is 3.56. The van der Waals surface area contributed by atoms with Crippen molar-refractivity contribution >= 4 is 11.6 Å². The minimum absolute atomic E-state index is 0.695. The van der Waals surface area contributed by atoms with Crippen LogP contribution >= 0.6 is 0 Å². The Labute approximate surface area is 133 Å². The zero-order chi connectivity index (χ0) is 15.6. The van der Waals surface area contributed by atoms with Crippen molar-refractivity contribution in [2.24, 2.45) is 4.99 Å². The summed E-state index contributed by atoms with van der Waals surface area (Å²) in [6.07, 6.45) is 5.87. The van der Waals surface area contributed by atoms with Crippen LogP contribution in [0.3, 0.4) is 0 Å². The highest BCUT2D eigenvalue weighted by atomic mass is 16.5. The quantitative estimate of drug-likeness (QED) is 0.480. The van der Waals surface area contributed by atoms with Crippen molar-refractivity contribution in [2.75, 3.05) is 32.1 Å². The van der Waals surface area contributed by atoms with Crippen LogP contribution in [0.2, 0.25) is 0 Å². The van der Waals surface area contributed by atoms with Gasteiger partial charge in [-0.25, -0.2) is 0 Å². The van der Waals surface area contributed by atoms with Crippen LogP contribution in [-0.4, -0.2) is 32.8 Å². The molecule has 1 aliphatic rings. The minimum atomic E-state index is 0.695. The van der Waals surface area contributed by atoms with Gasteiger partial charge in [0.2, 0.25) is 0 Å². The molecule has 5 heteroatoms. The van der Waals surface area contributed by atoms with Gasteiger partial charge in [-0.3, -0.25) is 4.99 Å². The van der Waals surface area contributed by atoms with E-state index in [9.17, 15) is 0 Å². The molecule has 1 aromatic rings. The van der Waals surface area contributed by atoms with E-state index in [0.717, 1.165) is 42.5 Å². The number of nitrogens with zero attached hydrogens (tertiary/aromatic N) is 1. The SMILES string of the molecule is CCCCCCNC(=NC)Nc1ccc2c(c1)OCCCO2. The van der Waals surface area contributed by atoms with Gasteiger partial charge in [0, 0.05) is 31.8 Å². The van der Waals surface area contributed by atoms with Gasteiger partial charge in [-0.15, -0.1) is 0 Å². The normalized spacial score (nSPS) is 14.4. The Morgan fingerprint density at radius 1 is 1.14 bits per heavy atom. The molecule has 0 saturated heterocycles. The van der Waals surface area contributed by atoms with Gasteiger partial charge in [-0.2, -0.15) is 0 Å². The van der Waals surface area contributed by atoms with Gasteiger partial charge in [0.15, 0.2) is 17.5 Å². The van der Waals surface area contributed by atoms with E-state index in [2.05, 4.69) is 22.5 Å². The van der Waals surface area contributed by atoms with Gasteiger partial charge in [0.25, 0.3) is 0 Å². The Morgan fingerprint density at radius 2 is 1.95 bits per heavy atom. The second kappa shape index (κ2) is 9.18. The number of anilines is 1. The Bertz CT molecular complexity index is 489. The summed E-state index contributed by atoms with van der Waals surface area (Å²) in [4.78, 5) is 4.25. The van der Waals surface area contributed by atoms with Crippen molar-refractivity contribution < 1.29 is 9.47 Å². The standard InChI is InChI=1S/C17H27N3O2/c1-3-4-5-6-10-19-17(18-2)20-14-8-9-15-16(13-14)22-12-7-11-21-15/h8-9,13H,3-7,10-12H2,1-2H3,(H2,18,19,20). The molecule has 0 bridgehead atoms. The van der Waals surface area contributed by atoms with E-state index in [4.69, 9.17) is 9.47 Å². The Kier molecular flexibility index (Phi) is 6.87. The topological polar surface area (TPSA) is 54.9 Å². The summed E-state index contributed by atoms with van der Waals surface area (Å²) >= 11 is 0. The van der Waals surface area contributed by atoms with E-state index >= 15 is 0 Å². The molecule has 0 aromatic heterocycles. The van der Waals surface area contributed by atoms with E-state index in [-0.39, 0.29) is 0 Å². The lowest BCUT2D eigenvalue weighted by atomic mass is 10.2. The minimum Gasteiger partial charge on any atom is -0.490 e. The maximum Gasteiger partial charge on any atom is 0.195 e. The lowest BCUT2D eigenvalue weighted by molar-refractivity contribution is 0.297. The number of aliphatic imine (C=N–C) groups is 1. The van der Waals surface area contributed by atoms with Crippen LogP contribution in [0.4, 0.5) is 5.69 Å². The molecule has 122 valence electrons. The fourth-order valence-corrected chi connectivity index (χ4v) is 2.32. The summed E-state index contributed by atoms with van der Waals surface area (Å²) in [5.74, 6) is 2.39. The Balaban J connectivity index is 1.87. The predicted octanol–water partition coefficient (Wildman–Crippen LogP) is 3.42. The Hall–Kier alpha value is -1.91. The van der Waals surface area contributed by atoms with E-state index in [1.807, 2.05) is 18.2 Å². The molecular weight excluding hydrogens is 278 g/mol. The van der Waals surface area contributed by atoms with Crippen LogP contribution in [0.25, 0.3) is 0 Å². The fraction of sp³-hybridized carbons (Fsp3) is 0.588. The monoisotopic (exact) mass is 305 g/mol. The molecule has 22 heavy (non-hydrogen) atoms. The first-order valence-electron chi connectivity index (χ1n) is 8.21. The average molecular weight is 305 g/mol. The molecule has 0 aliphatic carbocycles. The first kappa shape index (κ1) is 16.5. The Morgan fingerprint density at radius 3 is 2.73 bits per heavy atom. The van der Waals surface area contributed by atoms with Crippen LogP contribution in [0.1, 0.15) is 39.0 Å². The van der Waals surface area contributed by atoms with E-state index in [0.29, 0.717) is 13.2 Å². The molecule has 0 radical (unpaired) electrons. The lowest BCUT2D eigenvalue weighted by Crippen LogP contribution is -2.31. The van der Waals surface area contributed by atoms with Gasteiger partial charge in [-0.05, 0) is 18.6 Å². The highest BCUT2D eigenvalue weighted by Gasteiger charge is 2.11. The predicted molar refractivity (Wildman–Crippen MR) is 91.2 cm³/mol. The number of rotatable bonds is 6. The summed E-state index contributed by atoms with van der Waals surface area (Å²) in [6.45, 7) is 4.56. The van der Waals surface area contributed by atoms with E-state index in [1.54, 1.807) is 7.05 Å². The zero-order valence-electron chi connectivity index (χ0n) is 13.7. The van der Waals surface area contributed by atoms with Gasteiger partial charge >= 0.3 is 0 Å². The van der Waals surface area contributed by atoms with Gasteiger partial charge in [0.05, 0.1) is 13.2 Å². The van der Waals surface area contributed by atoms with Crippen molar-refractivity contribution in [2.45, 2.75) is 39.0 Å². The molecular formula is C17H27N3O2. The molecule has 2 N–H and O–H groups in total. The highest BCUT2D eigenvalue weighted by molar-refractivity contribution is 5.93. The van der Waals surface area contributed by atoms with Crippen molar-refractivity contribution in [3.63, 3.8) is 0 Å². The second-order valence-electron chi connectivity index (χ2n) is 5.40. The highest BCUT2D eigenvalue weighted by Crippen LogP contribution is 2.32. The van der Waals surface area contributed by atoms with Gasteiger partial charge in [-0.1, -0.05) is 26.2 Å². The van der Waals surface area contributed by atoms with Crippen molar-refractivity contribution in [3.8, 4) is 11.5 Å². The lowest BCUT2D eigenvalue weighted by Gasteiger charge is -2.14. The molecule has 0 unspecified atom stereocenters. The summed E-state index contributed by atoms with van der Waals surface area (Å²) in [5.41, 5.74) is 0.950. The number of hydrogen-bond acceptors (Lipinski definition) is 3. The van der Waals surface area contributed by atoms with Crippen LogP contribution in [0.15, 0.2) is 23.2 Å². The number of guanidine groups is 1. The number of unbranched alkanes of at least 4 members (excludes halogenated alkanes) is 3. The van der Waals surface area contributed by atoms with Crippen molar-refractivity contribution in [3.05, 3.63) is 18.2 Å². The number of benzene rings is 1. The van der Waals surface area contributed by atoms with E-state index in [1.165, 1.54) is 19.3 Å². The molecule has 1 aliphatic heterocycles. The first-order chi connectivity index (χ1) is 10.8. The third kappa shape index (κ3) is 5.13. The fourth-order valence-electron chi connectivity index (χ4n) is 2.32. The third-order valence-electron chi connectivity index (χ3n) is 3.56. The van der Waals surface area contributed by atoms with Gasteiger partial charge < -0.3 is 20.1 Å². The summed E-state index contributed by atoms with van der Waals surface area (Å²) in [7, 11) is 1.78. The summed E-state index contributed by atoms with van der Waals surface area (Å²) in [6, 6.07) is 5.89. The molecule has 1 heterocycles. The average Bonchev–Trinajstić information content (AvgIpc) is 2.78. The number of hydrogen-bond donors (Lipinski definition) is 2.